The third-order valence-corrected chi connectivity index (χ3v) is 3.49. The maximum atomic E-state index is 13.7. The summed E-state index contributed by atoms with van der Waals surface area (Å²) >= 11 is 0. The molecule has 3 heteroatoms. The highest BCUT2D eigenvalue weighted by Gasteiger charge is 2.26. The van der Waals surface area contributed by atoms with E-state index in [2.05, 4.69) is 0 Å². The highest BCUT2D eigenvalue weighted by atomic mass is 19.1. The zero-order valence-corrected chi connectivity index (χ0v) is 10.9. The van der Waals surface area contributed by atoms with Gasteiger partial charge in [-0.05, 0) is 42.2 Å². The van der Waals surface area contributed by atoms with Crippen LogP contribution >= 0.6 is 0 Å². The molecule has 1 atom stereocenters. The van der Waals surface area contributed by atoms with E-state index < -0.39 is 17.2 Å². The average Bonchev–Trinajstić information content (AvgIpc) is 2.44. The van der Waals surface area contributed by atoms with Crippen molar-refractivity contribution in [1.29, 1.82) is 0 Å². The Labute approximate surface area is 112 Å². The van der Waals surface area contributed by atoms with Crippen molar-refractivity contribution in [2.75, 3.05) is 0 Å². The highest BCUT2D eigenvalue weighted by molar-refractivity contribution is 5.29. The van der Waals surface area contributed by atoms with E-state index in [1.807, 2.05) is 37.3 Å². The summed E-state index contributed by atoms with van der Waals surface area (Å²) in [7, 11) is 0. The first-order valence-corrected chi connectivity index (χ1v) is 6.33. The van der Waals surface area contributed by atoms with Gasteiger partial charge >= 0.3 is 0 Å². The van der Waals surface area contributed by atoms with Gasteiger partial charge in [-0.3, -0.25) is 0 Å². The van der Waals surface area contributed by atoms with Gasteiger partial charge in [-0.2, -0.15) is 0 Å². The Kier molecular flexibility index (Phi) is 3.96. The quantitative estimate of drug-likeness (QED) is 0.890. The SMILES string of the molecule is CCC(N)(Cc1cc(F)ccc1F)c1ccccc1. The van der Waals surface area contributed by atoms with Crippen molar-refractivity contribution in [3.05, 3.63) is 71.3 Å². The molecule has 2 N–H and O–H groups in total. The lowest BCUT2D eigenvalue weighted by atomic mass is 9.82. The van der Waals surface area contributed by atoms with Crippen LogP contribution in [0.15, 0.2) is 48.5 Å². The lowest BCUT2D eigenvalue weighted by molar-refractivity contribution is 0.414. The number of benzene rings is 2. The Morgan fingerprint density at radius 2 is 1.74 bits per heavy atom. The van der Waals surface area contributed by atoms with Gasteiger partial charge in [0.05, 0.1) is 0 Å². The van der Waals surface area contributed by atoms with Crippen LogP contribution in [-0.4, -0.2) is 0 Å². The van der Waals surface area contributed by atoms with Gasteiger partial charge in [0.1, 0.15) is 11.6 Å². The normalized spacial score (nSPS) is 14.1. The van der Waals surface area contributed by atoms with E-state index in [4.69, 9.17) is 5.73 Å². The Hall–Kier alpha value is -1.74. The fourth-order valence-electron chi connectivity index (χ4n) is 2.22. The summed E-state index contributed by atoms with van der Waals surface area (Å²) < 4.78 is 27.0. The van der Waals surface area contributed by atoms with Gasteiger partial charge in [0.15, 0.2) is 0 Å². The monoisotopic (exact) mass is 261 g/mol. The molecule has 2 aromatic rings. The molecule has 19 heavy (non-hydrogen) atoms. The molecule has 0 aromatic heterocycles. The third-order valence-electron chi connectivity index (χ3n) is 3.49. The first-order chi connectivity index (χ1) is 9.05. The minimum atomic E-state index is -0.685. The minimum Gasteiger partial charge on any atom is -0.321 e. The van der Waals surface area contributed by atoms with Gasteiger partial charge in [0.25, 0.3) is 0 Å². The van der Waals surface area contributed by atoms with E-state index in [0.29, 0.717) is 12.0 Å². The fraction of sp³-hybridized carbons (Fsp3) is 0.250. The Morgan fingerprint density at radius 1 is 1.05 bits per heavy atom. The molecule has 0 fully saturated rings. The number of hydrogen-bond acceptors (Lipinski definition) is 1. The van der Waals surface area contributed by atoms with E-state index in [0.717, 1.165) is 17.7 Å². The molecule has 1 unspecified atom stereocenters. The summed E-state index contributed by atoms with van der Waals surface area (Å²) in [5.41, 5.74) is 6.94. The van der Waals surface area contributed by atoms with Crippen LogP contribution in [0, 0.1) is 11.6 Å². The predicted molar refractivity (Wildman–Crippen MR) is 72.7 cm³/mol. The molecule has 1 nitrogen and oxygen atoms in total. The highest BCUT2D eigenvalue weighted by Crippen LogP contribution is 2.27. The first kappa shape index (κ1) is 13.7. The first-order valence-electron chi connectivity index (χ1n) is 6.33. The zero-order valence-electron chi connectivity index (χ0n) is 10.9. The van der Waals surface area contributed by atoms with Gasteiger partial charge in [0, 0.05) is 5.54 Å². The molecule has 0 spiro atoms. The number of hydrogen-bond donors (Lipinski definition) is 1. The van der Waals surface area contributed by atoms with Gasteiger partial charge in [-0.1, -0.05) is 37.3 Å². The van der Waals surface area contributed by atoms with Crippen LogP contribution in [0.3, 0.4) is 0 Å². The average molecular weight is 261 g/mol. The van der Waals surface area contributed by atoms with Gasteiger partial charge in [-0.15, -0.1) is 0 Å². The maximum absolute atomic E-state index is 13.7. The molecular formula is C16H17F2N. The van der Waals surface area contributed by atoms with Crippen molar-refractivity contribution >= 4 is 0 Å². The molecule has 0 bridgehead atoms. The van der Waals surface area contributed by atoms with Crippen LogP contribution in [0.4, 0.5) is 8.78 Å². The summed E-state index contributed by atoms with van der Waals surface area (Å²) in [5.74, 6) is -0.858. The second-order valence-electron chi connectivity index (χ2n) is 4.79. The van der Waals surface area contributed by atoms with Crippen LogP contribution in [0.5, 0.6) is 0 Å². The van der Waals surface area contributed by atoms with Crippen molar-refractivity contribution in [3.8, 4) is 0 Å². The molecular weight excluding hydrogens is 244 g/mol. The molecule has 0 radical (unpaired) electrons. The Balaban J connectivity index is 2.36. The van der Waals surface area contributed by atoms with Gasteiger partial charge in [-0.25, -0.2) is 8.78 Å². The molecule has 0 aliphatic carbocycles. The molecule has 100 valence electrons. The van der Waals surface area contributed by atoms with E-state index >= 15 is 0 Å². The molecule has 0 heterocycles. The molecule has 0 saturated heterocycles. The maximum Gasteiger partial charge on any atom is 0.126 e. The topological polar surface area (TPSA) is 26.0 Å². The minimum absolute atomic E-state index is 0.275. The largest absolute Gasteiger partial charge is 0.321 e. The van der Waals surface area contributed by atoms with Crippen LogP contribution in [-0.2, 0) is 12.0 Å². The van der Waals surface area contributed by atoms with E-state index in [1.165, 1.54) is 6.07 Å². The number of nitrogens with two attached hydrogens (primary N) is 1. The van der Waals surface area contributed by atoms with Gasteiger partial charge in [0.2, 0.25) is 0 Å². The standard InChI is InChI=1S/C16H17F2N/c1-2-16(19,13-6-4-3-5-7-13)11-12-10-14(17)8-9-15(12)18/h3-10H,2,11,19H2,1H3. The van der Waals surface area contributed by atoms with E-state index in [1.54, 1.807) is 0 Å². The fourth-order valence-corrected chi connectivity index (χ4v) is 2.22. The number of rotatable bonds is 4. The molecule has 2 rings (SSSR count). The molecule has 0 saturated carbocycles. The smallest absolute Gasteiger partial charge is 0.126 e. The summed E-state index contributed by atoms with van der Waals surface area (Å²) in [4.78, 5) is 0. The molecule has 0 aliphatic heterocycles. The molecule has 0 aliphatic rings. The van der Waals surface area contributed by atoms with Gasteiger partial charge < -0.3 is 5.73 Å². The van der Waals surface area contributed by atoms with Crippen molar-refractivity contribution in [2.45, 2.75) is 25.3 Å². The van der Waals surface area contributed by atoms with Crippen LogP contribution in [0.1, 0.15) is 24.5 Å². The Bertz CT molecular complexity index is 554. The summed E-state index contributed by atoms with van der Waals surface area (Å²) in [6, 6.07) is 13.0. The van der Waals surface area contributed by atoms with Crippen LogP contribution in [0.2, 0.25) is 0 Å². The third kappa shape index (κ3) is 2.99. The summed E-state index contributed by atoms with van der Waals surface area (Å²) in [6.45, 7) is 1.95. The van der Waals surface area contributed by atoms with Crippen molar-refractivity contribution in [1.82, 2.24) is 0 Å². The van der Waals surface area contributed by atoms with E-state index in [-0.39, 0.29) is 6.42 Å². The number of halogens is 2. The zero-order chi connectivity index (χ0) is 13.9. The lowest BCUT2D eigenvalue weighted by Gasteiger charge is -2.29. The van der Waals surface area contributed by atoms with Crippen molar-refractivity contribution in [3.63, 3.8) is 0 Å². The second-order valence-corrected chi connectivity index (χ2v) is 4.79. The predicted octanol–water partition coefficient (Wildman–Crippen LogP) is 3.77. The summed E-state index contributed by atoms with van der Waals surface area (Å²) in [5, 5.41) is 0. The molecule has 0 amide bonds. The second kappa shape index (κ2) is 5.49. The summed E-state index contributed by atoms with van der Waals surface area (Å²) in [6.07, 6.45) is 0.921. The van der Waals surface area contributed by atoms with Crippen LogP contribution in [0.25, 0.3) is 0 Å². The lowest BCUT2D eigenvalue weighted by Crippen LogP contribution is -2.38. The Morgan fingerprint density at radius 3 is 2.37 bits per heavy atom. The van der Waals surface area contributed by atoms with E-state index in [9.17, 15) is 8.78 Å². The van der Waals surface area contributed by atoms with Crippen LogP contribution < -0.4 is 5.73 Å². The van der Waals surface area contributed by atoms with Crippen molar-refractivity contribution in [2.24, 2.45) is 5.73 Å². The van der Waals surface area contributed by atoms with Crippen molar-refractivity contribution < 1.29 is 8.78 Å². The molecule has 2 aromatic carbocycles.